The lowest BCUT2D eigenvalue weighted by molar-refractivity contribution is -0.141. The van der Waals surface area contributed by atoms with Gasteiger partial charge in [-0.3, -0.25) is 4.79 Å². The van der Waals surface area contributed by atoms with Crippen LogP contribution in [0.3, 0.4) is 0 Å². The molecule has 118 valence electrons. The van der Waals surface area contributed by atoms with Crippen LogP contribution in [-0.2, 0) is 4.79 Å². The van der Waals surface area contributed by atoms with E-state index in [-0.39, 0.29) is 23.9 Å². The Bertz CT molecular complexity index is 335. The third-order valence-electron chi connectivity index (χ3n) is 5.69. The first-order chi connectivity index (χ1) is 8.88. The maximum absolute atomic E-state index is 12.7. The van der Waals surface area contributed by atoms with Gasteiger partial charge in [-0.2, -0.15) is 0 Å². The van der Waals surface area contributed by atoms with Crippen molar-refractivity contribution in [3.8, 4) is 0 Å². The van der Waals surface area contributed by atoms with Crippen LogP contribution in [0, 0.1) is 11.3 Å². The molecule has 0 aromatic carbocycles. The zero-order valence-corrected chi connectivity index (χ0v) is 14.1. The van der Waals surface area contributed by atoms with Gasteiger partial charge < -0.3 is 10.6 Å². The van der Waals surface area contributed by atoms with Gasteiger partial charge in [-0.15, -0.1) is 12.4 Å². The first-order valence-corrected chi connectivity index (χ1v) is 7.96. The van der Waals surface area contributed by atoms with Crippen molar-refractivity contribution in [1.29, 1.82) is 0 Å². The van der Waals surface area contributed by atoms with Gasteiger partial charge in [-0.1, -0.05) is 33.1 Å². The minimum Gasteiger partial charge on any atom is -0.342 e. The minimum atomic E-state index is -0.291. The number of likely N-dealkylation sites (tertiary alicyclic amines) is 1. The van der Waals surface area contributed by atoms with E-state index in [0.29, 0.717) is 11.3 Å². The van der Waals surface area contributed by atoms with Crippen LogP contribution in [0.15, 0.2) is 0 Å². The third-order valence-corrected chi connectivity index (χ3v) is 5.69. The Hall–Kier alpha value is -0.280. The summed E-state index contributed by atoms with van der Waals surface area (Å²) in [6.07, 6.45) is 7.80. The maximum atomic E-state index is 12.7. The van der Waals surface area contributed by atoms with Gasteiger partial charge in [0.2, 0.25) is 5.91 Å². The van der Waals surface area contributed by atoms with E-state index < -0.39 is 0 Å². The molecule has 3 nitrogen and oxygen atoms in total. The quantitative estimate of drug-likeness (QED) is 0.850. The van der Waals surface area contributed by atoms with Gasteiger partial charge >= 0.3 is 0 Å². The summed E-state index contributed by atoms with van der Waals surface area (Å²) in [5.41, 5.74) is 6.51. The molecule has 2 unspecified atom stereocenters. The summed E-state index contributed by atoms with van der Waals surface area (Å²) >= 11 is 0. The predicted molar refractivity (Wildman–Crippen MR) is 86.0 cm³/mol. The molecule has 1 amide bonds. The van der Waals surface area contributed by atoms with Gasteiger partial charge in [0.1, 0.15) is 0 Å². The molecular weight excluding hydrogens is 272 g/mol. The summed E-state index contributed by atoms with van der Waals surface area (Å²) < 4.78 is 0. The highest BCUT2D eigenvalue weighted by atomic mass is 35.5. The van der Waals surface area contributed by atoms with Crippen LogP contribution in [0.5, 0.6) is 0 Å². The number of hydrogen-bond acceptors (Lipinski definition) is 2. The molecule has 1 saturated carbocycles. The molecule has 2 atom stereocenters. The Morgan fingerprint density at radius 3 is 2.30 bits per heavy atom. The van der Waals surface area contributed by atoms with Crippen molar-refractivity contribution in [2.75, 3.05) is 13.1 Å². The lowest BCUT2D eigenvalue weighted by atomic mass is 9.73. The van der Waals surface area contributed by atoms with E-state index in [0.717, 1.165) is 45.2 Å². The Morgan fingerprint density at radius 1 is 1.20 bits per heavy atom. The molecule has 1 aliphatic carbocycles. The molecule has 4 heteroatoms. The van der Waals surface area contributed by atoms with Gasteiger partial charge in [0, 0.05) is 18.6 Å². The molecule has 2 aliphatic rings. The molecular formula is C16H31ClN2O. The monoisotopic (exact) mass is 302 g/mol. The van der Waals surface area contributed by atoms with Crippen molar-refractivity contribution in [3.05, 3.63) is 0 Å². The first kappa shape index (κ1) is 17.8. The highest BCUT2D eigenvalue weighted by molar-refractivity contribution is 5.85. The summed E-state index contributed by atoms with van der Waals surface area (Å²) in [4.78, 5) is 14.8. The van der Waals surface area contributed by atoms with Crippen LogP contribution in [0.4, 0.5) is 0 Å². The van der Waals surface area contributed by atoms with Crippen LogP contribution in [-0.4, -0.2) is 29.4 Å². The Kier molecular flexibility index (Phi) is 5.91. The van der Waals surface area contributed by atoms with Crippen molar-refractivity contribution < 1.29 is 4.79 Å². The molecule has 0 radical (unpaired) electrons. The fraction of sp³-hybridized carbons (Fsp3) is 0.938. The fourth-order valence-corrected chi connectivity index (χ4v) is 3.60. The van der Waals surface area contributed by atoms with Gasteiger partial charge in [-0.05, 0) is 38.0 Å². The number of piperidine rings is 1. The topological polar surface area (TPSA) is 46.3 Å². The van der Waals surface area contributed by atoms with Crippen molar-refractivity contribution >= 4 is 18.3 Å². The summed E-state index contributed by atoms with van der Waals surface area (Å²) in [7, 11) is 0. The van der Waals surface area contributed by atoms with E-state index in [2.05, 4.69) is 25.7 Å². The normalized spacial score (nSPS) is 33.4. The van der Waals surface area contributed by atoms with E-state index in [1.54, 1.807) is 0 Å². The number of nitrogens with zero attached hydrogens (tertiary/aromatic N) is 1. The van der Waals surface area contributed by atoms with E-state index in [1.807, 2.05) is 0 Å². The lowest BCUT2D eigenvalue weighted by Crippen LogP contribution is -2.55. The first-order valence-electron chi connectivity index (χ1n) is 7.96. The number of carbonyl (C=O) groups excluding carboxylic acids is 1. The summed E-state index contributed by atoms with van der Waals surface area (Å²) in [5, 5.41) is 0. The van der Waals surface area contributed by atoms with Crippen molar-refractivity contribution in [3.63, 3.8) is 0 Å². The zero-order chi connectivity index (χ0) is 14.1. The second kappa shape index (κ2) is 6.65. The third kappa shape index (κ3) is 3.67. The highest BCUT2D eigenvalue weighted by Gasteiger charge is 2.41. The molecule has 0 aromatic rings. The standard InChI is InChI=1S/C16H30N2O.ClH/c1-4-15(2)9-11-18(12-10-15)14(19)13-7-5-6-8-16(13,3)17;/h13H,4-12,17H2,1-3H3;1H. The van der Waals surface area contributed by atoms with Crippen molar-refractivity contribution in [2.45, 2.75) is 71.3 Å². The predicted octanol–water partition coefficient (Wildman–Crippen LogP) is 3.35. The number of nitrogens with two attached hydrogens (primary N) is 1. The Labute approximate surface area is 130 Å². The van der Waals surface area contributed by atoms with Gasteiger partial charge in [-0.25, -0.2) is 0 Å². The average Bonchev–Trinajstić information content (AvgIpc) is 2.38. The van der Waals surface area contributed by atoms with Crippen LogP contribution >= 0.6 is 12.4 Å². The number of rotatable bonds is 2. The number of carbonyl (C=O) groups is 1. The van der Waals surface area contributed by atoms with E-state index in [4.69, 9.17) is 5.73 Å². The molecule has 1 saturated heterocycles. The molecule has 1 heterocycles. The van der Waals surface area contributed by atoms with E-state index >= 15 is 0 Å². The molecule has 0 aromatic heterocycles. The second-order valence-electron chi connectivity index (χ2n) is 7.29. The molecule has 2 N–H and O–H groups in total. The number of hydrogen-bond donors (Lipinski definition) is 1. The van der Waals surface area contributed by atoms with Gasteiger partial charge in [0.25, 0.3) is 0 Å². The van der Waals surface area contributed by atoms with Crippen molar-refractivity contribution in [2.24, 2.45) is 17.1 Å². The molecule has 20 heavy (non-hydrogen) atoms. The fourth-order valence-electron chi connectivity index (χ4n) is 3.60. The van der Waals surface area contributed by atoms with Gasteiger partial charge in [0.05, 0.1) is 5.92 Å². The molecule has 0 bridgehead atoms. The average molecular weight is 303 g/mol. The van der Waals surface area contributed by atoms with Crippen LogP contribution in [0.25, 0.3) is 0 Å². The summed E-state index contributed by atoms with van der Waals surface area (Å²) in [6, 6.07) is 0. The lowest BCUT2D eigenvalue weighted by Gasteiger charge is -2.44. The summed E-state index contributed by atoms with van der Waals surface area (Å²) in [5.74, 6) is 0.370. The SMILES string of the molecule is CCC1(C)CCN(C(=O)C2CCCCC2(C)N)CC1.Cl. The highest BCUT2D eigenvalue weighted by Crippen LogP contribution is 2.37. The molecule has 0 spiro atoms. The van der Waals surface area contributed by atoms with Gasteiger partial charge in [0.15, 0.2) is 0 Å². The smallest absolute Gasteiger partial charge is 0.227 e. The number of amides is 1. The Morgan fingerprint density at radius 2 is 1.80 bits per heavy atom. The summed E-state index contributed by atoms with van der Waals surface area (Å²) in [6.45, 7) is 8.53. The van der Waals surface area contributed by atoms with Crippen LogP contribution < -0.4 is 5.73 Å². The zero-order valence-electron chi connectivity index (χ0n) is 13.3. The molecule has 2 fully saturated rings. The second-order valence-corrected chi connectivity index (χ2v) is 7.29. The minimum absolute atomic E-state index is 0. The molecule has 2 rings (SSSR count). The Balaban J connectivity index is 0.00000200. The number of halogens is 1. The van der Waals surface area contributed by atoms with Crippen molar-refractivity contribution in [1.82, 2.24) is 4.90 Å². The van der Waals surface area contributed by atoms with Crippen LogP contribution in [0.2, 0.25) is 0 Å². The molecule has 1 aliphatic heterocycles. The maximum Gasteiger partial charge on any atom is 0.227 e. The van der Waals surface area contributed by atoms with E-state index in [9.17, 15) is 4.79 Å². The van der Waals surface area contributed by atoms with E-state index in [1.165, 1.54) is 12.8 Å². The largest absolute Gasteiger partial charge is 0.342 e. The van der Waals surface area contributed by atoms with Crippen LogP contribution in [0.1, 0.15) is 65.7 Å².